The molecule has 0 fully saturated rings. The van der Waals surface area contributed by atoms with E-state index in [9.17, 15) is 8.42 Å². The molecule has 0 saturated carbocycles. The molecule has 1 aromatic heterocycles. The van der Waals surface area contributed by atoms with E-state index in [1.807, 2.05) is 26.8 Å². The summed E-state index contributed by atoms with van der Waals surface area (Å²) < 4.78 is 26.9. The summed E-state index contributed by atoms with van der Waals surface area (Å²) in [5, 5.41) is 0.768. The van der Waals surface area contributed by atoms with Crippen molar-refractivity contribution in [3.05, 3.63) is 45.4 Å². The van der Waals surface area contributed by atoms with Crippen LogP contribution in [-0.2, 0) is 16.6 Å². The summed E-state index contributed by atoms with van der Waals surface area (Å²) in [5.41, 5.74) is 2.04. The van der Waals surface area contributed by atoms with Crippen LogP contribution in [0, 0.1) is 20.8 Å². The Bertz CT molecular complexity index is 690. The van der Waals surface area contributed by atoms with Crippen LogP contribution >= 0.6 is 11.3 Å². The Morgan fingerprint density at radius 2 is 1.95 bits per heavy atom. The predicted octanol–water partition coefficient (Wildman–Crippen LogP) is 2.55. The molecule has 4 nitrogen and oxygen atoms in total. The third kappa shape index (κ3) is 3.40. The molecule has 0 unspecified atom stereocenters. The smallest absolute Gasteiger partial charge is 0.240 e. The Morgan fingerprint density at radius 1 is 1.21 bits per heavy atom. The fourth-order valence-electron chi connectivity index (χ4n) is 1.60. The van der Waals surface area contributed by atoms with Crippen LogP contribution in [0.25, 0.3) is 0 Å². The molecule has 0 aliphatic carbocycles. The Kier molecular flexibility index (Phi) is 4.03. The van der Waals surface area contributed by atoms with E-state index in [1.165, 1.54) is 11.3 Å². The quantitative estimate of drug-likeness (QED) is 0.943. The van der Waals surface area contributed by atoms with Crippen LogP contribution < -0.4 is 4.72 Å². The van der Waals surface area contributed by atoms with Crippen molar-refractivity contribution in [2.24, 2.45) is 0 Å². The molecule has 1 aromatic carbocycles. The van der Waals surface area contributed by atoms with E-state index in [0.717, 1.165) is 21.0 Å². The third-order valence-electron chi connectivity index (χ3n) is 2.87. The van der Waals surface area contributed by atoms with E-state index in [1.54, 1.807) is 18.3 Å². The highest BCUT2D eigenvalue weighted by molar-refractivity contribution is 7.89. The number of hydrogen-bond donors (Lipinski definition) is 1. The zero-order valence-corrected chi connectivity index (χ0v) is 12.7. The van der Waals surface area contributed by atoms with Crippen molar-refractivity contribution in [1.29, 1.82) is 0 Å². The highest BCUT2D eigenvalue weighted by Gasteiger charge is 2.15. The van der Waals surface area contributed by atoms with Gasteiger partial charge < -0.3 is 0 Å². The molecule has 1 heterocycles. The first-order valence-electron chi connectivity index (χ1n) is 5.87. The van der Waals surface area contributed by atoms with Crippen molar-refractivity contribution in [3.8, 4) is 0 Å². The van der Waals surface area contributed by atoms with Gasteiger partial charge in [-0.15, -0.1) is 11.3 Å². The van der Waals surface area contributed by atoms with E-state index in [2.05, 4.69) is 9.71 Å². The van der Waals surface area contributed by atoms with Crippen molar-refractivity contribution in [2.45, 2.75) is 32.2 Å². The van der Waals surface area contributed by atoms with Crippen LogP contribution in [0.4, 0.5) is 0 Å². The number of aryl methyl sites for hydroxylation is 3. The summed E-state index contributed by atoms with van der Waals surface area (Å²) in [4.78, 5) is 5.50. The molecule has 0 atom stereocenters. The highest BCUT2D eigenvalue weighted by Crippen LogP contribution is 2.16. The van der Waals surface area contributed by atoms with Gasteiger partial charge in [0.1, 0.15) is 5.01 Å². The molecule has 2 aromatic rings. The average Bonchev–Trinajstić information content (AvgIpc) is 2.76. The minimum atomic E-state index is -3.47. The minimum absolute atomic E-state index is 0.230. The summed E-state index contributed by atoms with van der Waals surface area (Å²) in [6.45, 7) is 6.03. The fraction of sp³-hybridized carbons (Fsp3) is 0.308. The number of thiazole rings is 1. The second kappa shape index (κ2) is 5.40. The maximum atomic E-state index is 12.1. The SMILES string of the molecule is Cc1cnc(CNS(=O)(=O)c2ccc(C)c(C)c2)s1. The van der Waals surface area contributed by atoms with E-state index in [4.69, 9.17) is 0 Å². The van der Waals surface area contributed by atoms with Gasteiger partial charge in [-0.2, -0.15) is 0 Å². The Labute approximate surface area is 117 Å². The summed E-state index contributed by atoms with van der Waals surface area (Å²) in [5.74, 6) is 0. The van der Waals surface area contributed by atoms with Crippen molar-refractivity contribution in [1.82, 2.24) is 9.71 Å². The van der Waals surface area contributed by atoms with Gasteiger partial charge >= 0.3 is 0 Å². The molecule has 102 valence electrons. The van der Waals surface area contributed by atoms with Crippen molar-refractivity contribution >= 4 is 21.4 Å². The monoisotopic (exact) mass is 296 g/mol. The zero-order valence-electron chi connectivity index (χ0n) is 11.1. The Balaban J connectivity index is 2.16. The van der Waals surface area contributed by atoms with Crippen molar-refractivity contribution < 1.29 is 8.42 Å². The number of hydrogen-bond acceptors (Lipinski definition) is 4. The van der Waals surface area contributed by atoms with Crippen molar-refractivity contribution in [3.63, 3.8) is 0 Å². The number of sulfonamides is 1. The van der Waals surface area contributed by atoms with Crippen LogP contribution in [0.5, 0.6) is 0 Å². The second-order valence-corrected chi connectivity index (χ2v) is 7.52. The lowest BCUT2D eigenvalue weighted by Crippen LogP contribution is -2.23. The molecule has 0 bridgehead atoms. The number of rotatable bonds is 4. The van der Waals surface area contributed by atoms with Crippen LogP contribution in [0.1, 0.15) is 21.0 Å². The lowest BCUT2D eigenvalue weighted by Gasteiger charge is -2.07. The van der Waals surface area contributed by atoms with E-state index < -0.39 is 10.0 Å². The summed E-state index contributed by atoms with van der Waals surface area (Å²) >= 11 is 1.49. The van der Waals surface area contributed by atoms with E-state index >= 15 is 0 Å². The van der Waals surface area contributed by atoms with Gasteiger partial charge in [0, 0.05) is 11.1 Å². The lowest BCUT2D eigenvalue weighted by atomic mass is 10.1. The summed E-state index contributed by atoms with van der Waals surface area (Å²) in [6.07, 6.45) is 1.74. The van der Waals surface area contributed by atoms with Gasteiger partial charge in [-0.1, -0.05) is 6.07 Å². The molecule has 0 radical (unpaired) electrons. The maximum Gasteiger partial charge on any atom is 0.240 e. The molecule has 0 aliphatic rings. The highest BCUT2D eigenvalue weighted by atomic mass is 32.2. The van der Waals surface area contributed by atoms with Gasteiger partial charge in [0.2, 0.25) is 10.0 Å². The standard InChI is InChI=1S/C13H16N2O2S2/c1-9-4-5-12(6-10(9)2)19(16,17)15-8-13-14-7-11(3)18-13/h4-7,15H,8H2,1-3H3. The van der Waals surface area contributed by atoms with E-state index in [-0.39, 0.29) is 6.54 Å². The largest absolute Gasteiger partial charge is 0.248 e. The normalized spacial score (nSPS) is 11.7. The Hall–Kier alpha value is -1.24. The van der Waals surface area contributed by atoms with Crippen LogP contribution in [-0.4, -0.2) is 13.4 Å². The maximum absolute atomic E-state index is 12.1. The molecule has 2 rings (SSSR count). The molecular formula is C13H16N2O2S2. The average molecular weight is 296 g/mol. The number of benzene rings is 1. The predicted molar refractivity (Wildman–Crippen MR) is 76.8 cm³/mol. The first-order chi connectivity index (χ1) is 8.88. The van der Waals surface area contributed by atoms with Gasteiger partial charge in [-0.3, -0.25) is 0 Å². The van der Waals surface area contributed by atoms with Crippen LogP contribution in [0.15, 0.2) is 29.3 Å². The molecule has 0 aliphatic heterocycles. The van der Waals surface area contributed by atoms with Gasteiger partial charge in [0.25, 0.3) is 0 Å². The molecule has 1 N–H and O–H groups in total. The van der Waals surface area contributed by atoms with E-state index in [0.29, 0.717) is 4.90 Å². The minimum Gasteiger partial charge on any atom is -0.248 e. The van der Waals surface area contributed by atoms with Crippen LogP contribution in [0.2, 0.25) is 0 Å². The zero-order chi connectivity index (χ0) is 14.0. The van der Waals surface area contributed by atoms with Gasteiger partial charge in [0.15, 0.2) is 0 Å². The summed E-state index contributed by atoms with van der Waals surface area (Å²) in [6, 6.07) is 5.12. The lowest BCUT2D eigenvalue weighted by molar-refractivity contribution is 0.581. The summed E-state index contributed by atoms with van der Waals surface area (Å²) in [7, 11) is -3.47. The first kappa shape index (κ1) is 14.2. The molecule has 0 spiro atoms. The molecule has 19 heavy (non-hydrogen) atoms. The number of aromatic nitrogens is 1. The molecule has 0 saturated heterocycles. The first-order valence-corrected chi connectivity index (χ1v) is 8.17. The third-order valence-corrected chi connectivity index (χ3v) is 5.18. The molecule has 6 heteroatoms. The topological polar surface area (TPSA) is 59.1 Å². The second-order valence-electron chi connectivity index (χ2n) is 4.44. The Morgan fingerprint density at radius 3 is 2.53 bits per heavy atom. The molecule has 0 amide bonds. The molecular weight excluding hydrogens is 280 g/mol. The van der Waals surface area contributed by atoms with Gasteiger partial charge in [-0.05, 0) is 44.0 Å². The van der Waals surface area contributed by atoms with Gasteiger partial charge in [-0.25, -0.2) is 18.1 Å². The van der Waals surface area contributed by atoms with Gasteiger partial charge in [0.05, 0.1) is 11.4 Å². The van der Waals surface area contributed by atoms with Crippen molar-refractivity contribution in [2.75, 3.05) is 0 Å². The number of nitrogens with one attached hydrogen (secondary N) is 1. The number of nitrogens with zero attached hydrogens (tertiary/aromatic N) is 1. The fourth-order valence-corrected chi connectivity index (χ4v) is 3.50. The van der Waals surface area contributed by atoms with Crippen LogP contribution in [0.3, 0.4) is 0 Å².